The molecule has 0 bridgehead atoms. The van der Waals surface area contributed by atoms with Crippen LogP contribution in [0.1, 0.15) is 25.5 Å². The van der Waals surface area contributed by atoms with Gasteiger partial charge < -0.3 is 0 Å². The molecule has 0 amide bonds. The number of hydrogen-bond donors (Lipinski definition) is 1. The van der Waals surface area contributed by atoms with E-state index in [1.807, 2.05) is 20.9 Å². The third-order valence-corrected chi connectivity index (χ3v) is 4.69. The van der Waals surface area contributed by atoms with E-state index >= 15 is 0 Å². The Hall–Kier alpha value is -1.41. The zero-order chi connectivity index (χ0) is 14.8. The van der Waals surface area contributed by atoms with E-state index in [0.29, 0.717) is 19.5 Å². The van der Waals surface area contributed by atoms with Crippen molar-refractivity contribution in [1.29, 1.82) is 0 Å². The molecule has 2 heterocycles. The molecular formula is C12H21N5O2S. The predicted octanol–water partition coefficient (Wildman–Crippen LogP) is 0.798. The topological polar surface area (TPSA) is 81.8 Å². The van der Waals surface area contributed by atoms with Gasteiger partial charge in [0.1, 0.15) is 11.0 Å². The van der Waals surface area contributed by atoms with Gasteiger partial charge in [-0.25, -0.2) is 13.1 Å². The van der Waals surface area contributed by atoms with Gasteiger partial charge in [0.25, 0.3) is 0 Å². The minimum atomic E-state index is -3.17. The minimum absolute atomic E-state index is 0.184. The van der Waals surface area contributed by atoms with Crippen molar-refractivity contribution in [2.75, 3.05) is 12.3 Å². The minimum Gasteiger partial charge on any atom is -0.264 e. The van der Waals surface area contributed by atoms with Crippen LogP contribution >= 0.6 is 0 Å². The summed E-state index contributed by atoms with van der Waals surface area (Å²) in [6, 6.07) is 0. The van der Waals surface area contributed by atoms with E-state index in [1.165, 1.54) is 0 Å². The third-order valence-electron chi connectivity index (χ3n) is 3.22. The Bertz CT molecular complexity index is 686. The molecule has 0 unspecified atom stereocenters. The second kappa shape index (κ2) is 5.92. The summed E-state index contributed by atoms with van der Waals surface area (Å²) in [6.07, 6.45) is 3.31. The summed E-state index contributed by atoms with van der Waals surface area (Å²) >= 11 is 0. The summed E-state index contributed by atoms with van der Waals surface area (Å²) in [6.45, 7) is 4.74. The van der Waals surface area contributed by atoms with Gasteiger partial charge in [-0.3, -0.25) is 9.36 Å². The van der Waals surface area contributed by atoms with Crippen molar-refractivity contribution >= 4 is 21.1 Å². The lowest BCUT2D eigenvalue weighted by Gasteiger charge is -2.06. The highest BCUT2D eigenvalue weighted by atomic mass is 32.2. The van der Waals surface area contributed by atoms with Gasteiger partial charge in [-0.15, -0.1) is 0 Å². The number of rotatable bonds is 7. The number of sulfonamides is 1. The maximum atomic E-state index is 11.7. The van der Waals surface area contributed by atoms with Crippen molar-refractivity contribution in [3.63, 3.8) is 0 Å². The SMILES string of the molecule is CCCCS(=O)(=O)NCCn1ncc2c1c(C)nn2C. The molecule has 0 aliphatic heterocycles. The van der Waals surface area contributed by atoms with Crippen molar-refractivity contribution in [2.45, 2.75) is 33.2 Å². The van der Waals surface area contributed by atoms with Gasteiger partial charge in [-0.2, -0.15) is 10.2 Å². The van der Waals surface area contributed by atoms with E-state index in [-0.39, 0.29) is 5.75 Å². The highest BCUT2D eigenvalue weighted by molar-refractivity contribution is 7.89. The lowest BCUT2D eigenvalue weighted by molar-refractivity contribution is 0.562. The molecule has 7 nitrogen and oxygen atoms in total. The van der Waals surface area contributed by atoms with Gasteiger partial charge >= 0.3 is 0 Å². The summed E-state index contributed by atoms with van der Waals surface area (Å²) in [5.41, 5.74) is 2.81. The molecule has 0 aliphatic carbocycles. The van der Waals surface area contributed by atoms with E-state index < -0.39 is 10.0 Å². The molecule has 0 aliphatic rings. The average Bonchev–Trinajstić information content (AvgIpc) is 2.91. The van der Waals surface area contributed by atoms with E-state index in [4.69, 9.17) is 0 Å². The zero-order valence-corrected chi connectivity index (χ0v) is 12.9. The highest BCUT2D eigenvalue weighted by Gasteiger charge is 2.12. The molecule has 1 N–H and O–H groups in total. The van der Waals surface area contributed by atoms with Crippen LogP contribution < -0.4 is 4.72 Å². The first-order valence-electron chi connectivity index (χ1n) is 6.77. The Kier molecular flexibility index (Phi) is 4.44. The zero-order valence-electron chi connectivity index (χ0n) is 12.1. The number of nitrogens with one attached hydrogen (secondary N) is 1. The second-order valence-electron chi connectivity index (χ2n) is 4.88. The summed E-state index contributed by atoms with van der Waals surface area (Å²) in [4.78, 5) is 0. The Balaban J connectivity index is 2.00. The first-order chi connectivity index (χ1) is 9.44. The molecular weight excluding hydrogens is 278 g/mol. The molecule has 0 spiro atoms. The van der Waals surface area contributed by atoms with Gasteiger partial charge in [0.2, 0.25) is 10.0 Å². The van der Waals surface area contributed by atoms with E-state index in [0.717, 1.165) is 23.1 Å². The number of aryl methyl sites for hydroxylation is 2. The largest absolute Gasteiger partial charge is 0.264 e. The molecule has 8 heteroatoms. The van der Waals surface area contributed by atoms with Crippen LogP contribution in [0.5, 0.6) is 0 Å². The predicted molar refractivity (Wildman–Crippen MR) is 77.9 cm³/mol. The Morgan fingerprint density at radius 2 is 2.15 bits per heavy atom. The molecule has 0 aromatic carbocycles. The van der Waals surface area contributed by atoms with Gasteiger partial charge in [-0.05, 0) is 13.3 Å². The van der Waals surface area contributed by atoms with Crippen LogP contribution in [0.3, 0.4) is 0 Å². The highest BCUT2D eigenvalue weighted by Crippen LogP contribution is 2.16. The summed E-state index contributed by atoms with van der Waals surface area (Å²) in [5.74, 6) is 0.184. The molecule has 0 saturated heterocycles. The fraction of sp³-hybridized carbons (Fsp3) is 0.667. The second-order valence-corrected chi connectivity index (χ2v) is 6.80. The number of hydrogen-bond acceptors (Lipinski definition) is 4. The first-order valence-corrected chi connectivity index (χ1v) is 8.42. The van der Waals surface area contributed by atoms with Crippen molar-refractivity contribution in [3.8, 4) is 0 Å². The smallest absolute Gasteiger partial charge is 0.211 e. The quantitative estimate of drug-likeness (QED) is 0.820. The first kappa shape index (κ1) is 15.0. The van der Waals surface area contributed by atoms with Gasteiger partial charge in [-0.1, -0.05) is 13.3 Å². The molecule has 2 aromatic rings. The van der Waals surface area contributed by atoms with Crippen LogP contribution in [0.15, 0.2) is 6.20 Å². The van der Waals surface area contributed by atoms with Crippen LogP contribution in [0, 0.1) is 6.92 Å². The molecule has 0 atom stereocenters. The summed E-state index contributed by atoms with van der Waals surface area (Å²) in [7, 11) is -1.30. The number of fused-ring (bicyclic) bond motifs is 1. The van der Waals surface area contributed by atoms with E-state index in [1.54, 1.807) is 15.6 Å². The molecule has 20 heavy (non-hydrogen) atoms. The van der Waals surface area contributed by atoms with Gasteiger partial charge in [0, 0.05) is 13.6 Å². The van der Waals surface area contributed by atoms with Gasteiger partial charge in [0.05, 0.1) is 24.2 Å². The van der Waals surface area contributed by atoms with Crippen molar-refractivity contribution in [1.82, 2.24) is 24.3 Å². The molecule has 0 saturated carbocycles. The van der Waals surface area contributed by atoms with E-state index in [9.17, 15) is 8.42 Å². The molecule has 2 aromatic heterocycles. The van der Waals surface area contributed by atoms with Crippen molar-refractivity contribution in [2.24, 2.45) is 7.05 Å². The fourth-order valence-electron chi connectivity index (χ4n) is 2.19. The Labute approximate surface area is 119 Å². The van der Waals surface area contributed by atoms with Crippen molar-refractivity contribution < 1.29 is 8.42 Å². The van der Waals surface area contributed by atoms with Crippen LogP contribution in [0.4, 0.5) is 0 Å². The maximum absolute atomic E-state index is 11.7. The van der Waals surface area contributed by atoms with Gasteiger partial charge in [0.15, 0.2) is 0 Å². The molecule has 0 fully saturated rings. The Morgan fingerprint density at radius 3 is 2.85 bits per heavy atom. The average molecular weight is 299 g/mol. The lowest BCUT2D eigenvalue weighted by Crippen LogP contribution is -2.29. The van der Waals surface area contributed by atoms with Crippen LogP contribution in [0.2, 0.25) is 0 Å². The normalized spacial score (nSPS) is 12.3. The van der Waals surface area contributed by atoms with Crippen LogP contribution in [-0.2, 0) is 23.6 Å². The molecule has 112 valence electrons. The number of unbranched alkanes of at least 4 members (excludes halogenated alkanes) is 1. The molecule has 2 rings (SSSR count). The molecule has 0 radical (unpaired) electrons. The van der Waals surface area contributed by atoms with Crippen LogP contribution in [0.25, 0.3) is 11.0 Å². The summed E-state index contributed by atoms with van der Waals surface area (Å²) < 4.78 is 29.6. The third kappa shape index (κ3) is 3.18. The summed E-state index contributed by atoms with van der Waals surface area (Å²) in [5, 5.41) is 8.61. The van der Waals surface area contributed by atoms with Crippen LogP contribution in [-0.4, -0.2) is 40.3 Å². The fourth-order valence-corrected chi connectivity index (χ4v) is 3.41. The standard InChI is InChI=1S/C12H21N5O2S/c1-4-5-8-20(18,19)14-6-7-17-12-10(2)15-16(3)11(12)9-13-17/h9,14H,4-8H2,1-3H3. The monoisotopic (exact) mass is 299 g/mol. The lowest BCUT2D eigenvalue weighted by atomic mass is 10.4. The van der Waals surface area contributed by atoms with E-state index in [2.05, 4.69) is 14.9 Å². The maximum Gasteiger partial charge on any atom is 0.211 e. The number of aromatic nitrogens is 4. The van der Waals surface area contributed by atoms with Crippen molar-refractivity contribution in [3.05, 3.63) is 11.9 Å². The number of nitrogens with zero attached hydrogens (tertiary/aromatic N) is 4. The Morgan fingerprint density at radius 1 is 1.40 bits per heavy atom.